The standard InChI is InChI=1S/C23H28N4O3S2/c1-17-7-6-10-20-22(17)24-23(31-20)27(15-18-8-4-3-5-9-18)21(28)16-26-13-11-19(12-14-26)25-32(2,29)30/h3-10,19,25H,11-16H2,1-2H3. The van der Waals surface area contributed by atoms with Crippen LogP contribution in [-0.2, 0) is 21.4 Å². The molecule has 0 atom stereocenters. The van der Waals surface area contributed by atoms with E-state index in [0.29, 0.717) is 37.6 Å². The van der Waals surface area contributed by atoms with Gasteiger partial charge in [-0.25, -0.2) is 18.1 Å². The fourth-order valence-corrected chi connectivity index (χ4v) is 5.91. The third-order valence-electron chi connectivity index (χ3n) is 5.65. The summed E-state index contributed by atoms with van der Waals surface area (Å²) in [5, 5.41) is 0.705. The molecular weight excluding hydrogens is 444 g/mol. The SMILES string of the molecule is Cc1cccc2sc(N(Cc3ccccc3)C(=O)CN3CCC(NS(C)(=O)=O)CC3)nc12. The molecule has 1 amide bonds. The van der Waals surface area contributed by atoms with Gasteiger partial charge in [0.1, 0.15) is 0 Å². The summed E-state index contributed by atoms with van der Waals surface area (Å²) in [5.41, 5.74) is 3.08. The molecule has 4 rings (SSSR count). The molecule has 0 unspecified atom stereocenters. The maximum Gasteiger partial charge on any atom is 0.243 e. The van der Waals surface area contributed by atoms with Crippen molar-refractivity contribution in [1.29, 1.82) is 0 Å². The average molecular weight is 473 g/mol. The molecule has 2 heterocycles. The summed E-state index contributed by atoms with van der Waals surface area (Å²) < 4.78 is 26.7. The van der Waals surface area contributed by atoms with E-state index in [1.807, 2.05) is 55.5 Å². The second kappa shape index (κ2) is 9.66. The zero-order chi connectivity index (χ0) is 22.7. The van der Waals surface area contributed by atoms with E-state index in [4.69, 9.17) is 4.98 Å². The molecule has 3 aromatic rings. The number of thiazole rings is 1. The first-order valence-electron chi connectivity index (χ1n) is 10.7. The number of likely N-dealkylation sites (tertiary alicyclic amines) is 1. The Bertz CT molecular complexity index is 1190. The molecule has 0 radical (unpaired) electrons. The number of rotatable bonds is 7. The van der Waals surface area contributed by atoms with Crippen molar-refractivity contribution in [2.75, 3.05) is 30.8 Å². The van der Waals surface area contributed by atoms with Crippen LogP contribution in [0.2, 0.25) is 0 Å². The molecule has 1 aromatic heterocycles. The summed E-state index contributed by atoms with van der Waals surface area (Å²) in [4.78, 5) is 22.1. The number of aryl methyl sites for hydroxylation is 1. The highest BCUT2D eigenvalue weighted by atomic mass is 32.2. The van der Waals surface area contributed by atoms with E-state index in [0.717, 1.165) is 21.3 Å². The van der Waals surface area contributed by atoms with E-state index in [-0.39, 0.29) is 18.5 Å². The average Bonchev–Trinajstić information content (AvgIpc) is 3.18. The van der Waals surface area contributed by atoms with Gasteiger partial charge in [0.25, 0.3) is 0 Å². The van der Waals surface area contributed by atoms with Gasteiger partial charge in [-0.05, 0) is 37.0 Å². The van der Waals surface area contributed by atoms with Gasteiger partial charge in [0.05, 0.1) is 29.6 Å². The van der Waals surface area contributed by atoms with E-state index in [2.05, 4.69) is 9.62 Å². The number of nitrogens with one attached hydrogen (secondary N) is 1. The summed E-state index contributed by atoms with van der Waals surface area (Å²) in [6.45, 7) is 4.13. The highest BCUT2D eigenvalue weighted by Crippen LogP contribution is 2.31. The summed E-state index contributed by atoms with van der Waals surface area (Å²) in [6, 6.07) is 16.0. The van der Waals surface area contributed by atoms with Gasteiger partial charge >= 0.3 is 0 Å². The van der Waals surface area contributed by atoms with Gasteiger partial charge in [-0.1, -0.05) is 53.8 Å². The molecule has 1 aliphatic rings. The van der Waals surface area contributed by atoms with Crippen molar-refractivity contribution in [3.63, 3.8) is 0 Å². The Labute approximate surface area is 193 Å². The van der Waals surface area contributed by atoms with Crippen molar-refractivity contribution in [2.45, 2.75) is 32.4 Å². The lowest BCUT2D eigenvalue weighted by Crippen LogP contribution is -2.47. The molecule has 0 spiro atoms. The number of benzene rings is 2. The van der Waals surface area contributed by atoms with Crippen molar-refractivity contribution in [1.82, 2.24) is 14.6 Å². The van der Waals surface area contributed by atoms with Crippen LogP contribution < -0.4 is 9.62 Å². The molecule has 0 saturated carbocycles. The number of para-hydroxylation sites is 1. The minimum Gasteiger partial charge on any atom is -0.294 e. The van der Waals surface area contributed by atoms with Crippen LogP contribution in [0, 0.1) is 6.92 Å². The molecule has 1 saturated heterocycles. The van der Waals surface area contributed by atoms with Crippen LogP contribution in [0.3, 0.4) is 0 Å². The second-order valence-electron chi connectivity index (χ2n) is 8.32. The first-order chi connectivity index (χ1) is 15.3. The molecule has 1 fully saturated rings. The Kier molecular flexibility index (Phi) is 6.90. The number of nitrogens with zero attached hydrogens (tertiary/aromatic N) is 3. The lowest BCUT2D eigenvalue weighted by Gasteiger charge is -2.32. The summed E-state index contributed by atoms with van der Waals surface area (Å²) >= 11 is 1.53. The normalized spacial score (nSPS) is 15.8. The smallest absolute Gasteiger partial charge is 0.243 e. The molecular formula is C23H28N4O3S2. The molecule has 1 aliphatic heterocycles. The number of sulfonamides is 1. The quantitative estimate of drug-likeness (QED) is 0.571. The Morgan fingerprint density at radius 2 is 1.88 bits per heavy atom. The van der Waals surface area contributed by atoms with Crippen LogP contribution in [0.25, 0.3) is 10.2 Å². The van der Waals surface area contributed by atoms with Crippen LogP contribution in [0.1, 0.15) is 24.0 Å². The van der Waals surface area contributed by atoms with Crippen LogP contribution in [0.4, 0.5) is 5.13 Å². The number of hydrogen-bond donors (Lipinski definition) is 1. The Morgan fingerprint density at radius 1 is 1.16 bits per heavy atom. The van der Waals surface area contributed by atoms with Crippen LogP contribution >= 0.6 is 11.3 Å². The number of aromatic nitrogens is 1. The second-order valence-corrected chi connectivity index (χ2v) is 11.1. The molecule has 2 aromatic carbocycles. The van der Waals surface area contributed by atoms with Gasteiger partial charge in [-0.3, -0.25) is 14.6 Å². The van der Waals surface area contributed by atoms with Crippen LogP contribution in [0.5, 0.6) is 0 Å². The molecule has 0 aliphatic carbocycles. The maximum absolute atomic E-state index is 13.4. The summed E-state index contributed by atoms with van der Waals surface area (Å²) in [7, 11) is -3.22. The summed E-state index contributed by atoms with van der Waals surface area (Å²) in [5.74, 6) is 0.0000782. The highest BCUT2D eigenvalue weighted by molar-refractivity contribution is 7.88. The third-order valence-corrected chi connectivity index (χ3v) is 7.46. The largest absolute Gasteiger partial charge is 0.294 e. The number of piperidine rings is 1. The number of fused-ring (bicyclic) bond motifs is 1. The van der Waals surface area contributed by atoms with E-state index in [1.54, 1.807) is 4.90 Å². The van der Waals surface area contributed by atoms with Crippen LogP contribution in [0.15, 0.2) is 48.5 Å². The maximum atomic E-state index is 13.4. The van der Waals surface area contributed by atoms with E-state index in [9.17, 15) is 13.2 Å². The van der Waals surface area contributed by atoms with Crippen LogP contribution in [-0.4, -0.2) is 56.1 Å². The van der Waals surface area contributed by atoms with E-state index in [1.165, 1.54) is 17.6 Å². The predicted molar refractivity (Wildman–Crippen MR) is 129 cm³/mol. The lowest BCUT2D eigenvalue weighted by atomic mass is 10.1. The first-order valence-corrected chi connectivity index (χ1v) is 13.4. The van der Waals surface area contributed by atoms with E-state index < -0.39 is 10.0 Å². The minimum atomic E-state index is -3.22. The Hall–Kier alpha value is -2.33. The van der Waals surface area contributed by atoms with Gasteiger partial charge in [0, 0.05) is 19.1 Å². The van der Waals surface area contributed by atoms with Gasteiger partial charge < -0.3 is 0 Å². The molecule has 7 nitrogen and oxygen atoms in total. The fraction of sp³-hybridized carbons (Fsp3) is 0.391. The predicted octanol–water partition coefficient (Wildman–Crippen LogP) is 3.15. The van der Waals surface area contributed by atoms with Gasteiger partial charge in [-0.2, -0.15) is 0 Å². The van der Waals surface area contributed by atoms with E-state index >= 15 is 0 Å². The number of anilines is 1. The monoisotopic (exact) mass is 472 g/mol. The Morgan fingerprint density at radius 3 is 2.53 bits per heavy atom. The first kappa shape index (κ1) is 22.8. The third kappa shape index (κ3) is 5.72. The van der Waals surface area contributed by atoms with Crippen molar-refractivity contribution < 1.29 is 13.2 Å². The zero-order valence-electron chi connectivity index (χ0n) is 18.3. The lowest BCUT2D eigenvalue weighted by molar-refractivity contribution is -0.120. The zero-order valence-corrected chi connectivity index (χ0v) is 20.0. The van der Waals surface area contributed by atoms with Gasteiger partial charge in [0.2, 0.25) is 15.9 Å². The van der Waals surface area contributed by atoms with Crippen molar-refractivity contribution in [2.24, 2.45) is 0 Å². The van der Waals surface area contributed by atoms with Crippen molar-refractivity contribution in [3.8, 4) is 0 Å². The Balaban J connectivity index is 1.51. The molecule has 0 bridgehead atoms. The van der Waals surface area contributed by atoms with Gasteiger partial charge in [0.15, 0.2) is 5.13 Å². The molecule has 32 heavy (non-hydrogen) atoms. The number of carbonyl (C=O) groups is 1. The molecule has 9 heteroatoms. The van der Waals surface area contributed by atoms with Gasteiger partial charge in [-0.15, -0.1) is 0 Å². The highest BCUT2D eigenvalue weighted by Gasteiger charge is 2.26. The number of hydrogen-bond acceptors (Lipinski definition) is 6. The topological polar surface area (TPSA) is 82.6 Å². The number of carbonyl (C=O) groups excluding carboxylic acids is 1. The fourth-order valence-electron chi connectivity index (χ4n) is 4.01. The van der Waals surface area contributed by atoms with Crippen molar-refractivity contribution in [3.05, 3.63) is 59.7 Å². The van der Waals surface area contributed by atoms with Crippen molar-refractivity contribution >= 4 is 42.6 Å². The molecule has 1 N–H and O–H groups in total. The summed E-state index contributed by atoms with van der Waals surface area (Å²) in [6.07, 6.45) is 2.57. The minimum absolute atomic E-state index is 0.0000782. The molecule has 170 valence electrons. The number of amides is 1.